The number of benzene rings is 1. The first-order valence-electron chi connectivity index (χ1n) is 6.64. The fourth-order valence-corrected chi connectivity index (χ4v) is 2.44. The molecule has 104 valence electrons. The highest BCUT2D eigenvalue weighted by Gasteiger charge is 2.34. The number of hydrogen-bond donors (Lipinski definition) is 1. The lowest BCUT2D eigenvalue weighted by Gasteiger charge is -2.06. The van der Waals surface area contributed by atoms with E-state index in [4.69, 9.17) is 0 Å². The van der Waals surface area contributed by atoms with Gasteiger partial charge in [0.1, 0.15) is 0 Å². The van der Waals surface area contributed by atoms with Crippen molar-refractivity contribution >= 4 is 17.0 Å². The average molecular weight is 281 g/mol. The van der Waals surface area contributed by atoms with Crippen LogP contribution in [-0.4, -0.2) is 36.0 Å². The minimum atomic E-state index is -1.04. The van der Waals surface area contributed by atoms with Gasteiger partial charge < -0.3 is 5.11 Å². The van der Waals surface area contributed by atoms with E-state index in [1.165, 1.54) is 0 Å². The van der Waals surface area contributed by atoms with Gasteiger partial charge in [-0.25, -0.2) is 9.48 Å². The molecule has 3 aromatic rings. The van der Waals surface area contributed by atoms with E-state index >= 15 is 0 Å². The number of carboxylic acid groups (broad SMARTS) is 1. The van der Waals surface area contributed by atoms with Crippen LogP contribution in [0.1, 0.15) is 34.9 Å². The molecule has 0 bridgehead atoms. The van der Waals surface area contributed by atoms with E-state index in [1.807, 2.05) is 18.2 Å². The first-order chi connectivity index (χ1) is 10.2. The number of nitrogens with zero attached hydrogens (tertiary/aromatic N) is 5. The molecule has 0 unspecified atom stereocenters. The second-order valence-corrected chi connectivity index (χ2v) is 5.04. The second-order valence-electron chi connectivity index (χ2n) is 5.04. The first-order valence-corrected chi connectivity index (χ1v) is 6.64. The van der Waals surface area contributed by atoms with E-state index < -0.39 is 5.97 Å². The normalized spacial score (nSPS) is 14.5. The highest BCUT2D eigenvalue weighted by Crippen LogP contribution is 2.42. The molecule has 0 atom stereocenters. The van der Waals surface area contributed by atoms with Crippen molar-refractivity contribution in [3.63, 3.8) is 0 Å². The molecule has 7 nitrogen and oxygen atoms in total. The monoisotopic (exact) mass is 281 g/mol. The van der Waals surface area contributed by atoms with E-state index in [2.05, 4.69) is 20.3 Å². The molecule has 1 fully saturated rings. The molecule has 1 saturated carbocycles. The van der Waals surface area contributed by atoms with E-state index in [-0.39, 0.29) is 11.6 Å². The van der Waals surface area contributed by atoms with Crippen molar-refractivity contribution in [1.82, 2.24) is 25.0 Å². The third kappa shape index (κ3) is 1.94. The van der Waals surface area contributed by atoms with Gasteiger partial charge in [0, 0.05) is 18.3 Å². The van der Waals surface area contributed by atoms with Crippen LogP contribution in [0.2, 0.25) is 0 Å². The van der Waals surface area contributed by atoms with Crippen molar-refractivity contribution in [2.75, 3.05) is 0 Å². The van der Waals surface area contributed by atoms with Gasteiger partial charge >= 0.3 is 5.97 Å². The molecular formula is C14H11N5O2. The van der Waals surface area contributed by atoms with Crippen LogP contribution in [0.15, 0.2) is 30.6 Å². The van der Waals surface area contributed by atoms with E-state index in [0.717, 1.165) is 29.6 Å². The topological polar surface area (TPSA) is 93.8 Å². The molecule has 1 aliphatic rings. The molecule has 0 aliphatic heterocycles. The SMILES string of the molecule is O=C(O)c1nnn(-c2ccc3nccnc3c2)c1C1CC1. The number of hydrogen-bond acceptors (Lipinski definition) is 5. The van der Waals surface area contributed by atoms with Crippen molar-refractivity contribution in [1.29, 1.82) is 0 Å². The van der Waals surface area contributed by atoms with Crippen LogP contribution >= 0.6 is 0 Å². The molecular weight excluding hydrogens is 270 g/mol. The summed E-state index contributed by atoms with van der Waals surface area (Å²) in [6.07, 6.45) is 5.20. The number of fused-ring (bicyclic) bond motifs is 1. The fraction of sp³-hybridized carbons (Fsp3) is 0.214. The summed E-state index contributed by atoms with van der Waals surface area (Å²) < 4.78 is 1.61. The van der Waals surface area contributed by atoms with E-state index in [0.29, 0.717) is 5.69 Å². The van der Waals surface area contributed by atoms with Gasteiger partial charge in [-0.2, -0.15) is 0 Å². The molecule has 7 heteroatoms. The van der Waals surface area contributed by atoms with E-state index in [1.54, 1.807) is 17.1 Å². The summed E-state index contributed by atoms with van der Waals surface area (Å²) in [5.41, 5.74) is 2.99. The van der Waals surface area contributed by atoms with Gasteiger partial charge in [0.15, 0.2) is 5.69 Å². The number of carbonyl (C=O) groups is 1. The highest BCUT2D eigenvalue weighted by atomic mass is 16.4. The summed E-state index contributed by atoms with van der Waals surface area (Å²) >= 11 is 0. The zero-order chi connectivity index (χ0) is 14.4. The fourth-order valence-electron chi connectivity index (χ4n) is 2.44. The summed E-state index contributed by atoms with van der Waals surface area (Å²) in [5, 5.41) is 17.1. The first kappa shape index (κ1) is 12.0. The molecule has 2 aromatic heterocycles. The maximum atomic E-state index is 11.3. The Morgan fingerprint density at radius 3 is 2.67 bits per heavy atom. The summed E-state index contributed by atoms with van der Waals surface area (Å²) in [7, 11) is 0. The molecule has 0 saturated heterocycles. The van der Waals surface area contributed by atoms with Gasteiger partial charge in [-0.3, -0.25) is 9.97 Å². The zero-order valence-electron chi connectivity index (χ0n) is 11.0. The summed E-state index contributed by atoms with van der Waals surface area (Å²) in [4.78, 5) is 19.7. The van der Waals surface area contributed by atoms with Crippen LogP contribution in [0.25, 0.3) is 16.7 Å². The maximum Gasteiger partial charge on any atom is 0.358 e. The summed E-state index contributed by atoms with van der Waals surface area (Å²) in [6, 6.07) is 5.54. The van der Waals surface area contributed by atoms with Gasteiger partial charge in [0.25, 0.3) is 0 Å². The van der Waals surface area contributed by atoms with Crippen molar-refractivity contribution in [3.8, 4) is 5.69 Å². The van der Waals surface area contributed by atoms with Crippen molar-refractivity contribution in [2.24, 2.45) is 0 Å². The Morgan fingerprint density at radius 2 is 1.95 bits per heavy atom. The molecule has 21 heavy (non-hydrogen) atoms. The Hall–Kier alpha value is -2.83. The Labute approximate surface area is 119 Å². The van der Waals surface area contributed by atoms with Crippen molar-refractivity contribution in [2.45, 2.75) is 18.8 Å². The Kier molecular flexibility index (Phi) is 2.47. The molecule has 0 amide bonds. The largest absolute Gasteiger partial charge is 0.476 e. The van der Waals surface area contributed by atoms with E-state index in [9.17, 15) is 9.90 Å². The third-order valence-electron chi connectivity index (χ3n) is 3.57. The Bertz CT molecular complexity index is 853. The number of aromatic carboxylic acids is 1. The van der Waals surface area contributed by atoms with Crippen LogP contribution in [-0.2, 0) is 0 Å². The predicted octanol–water partition coefficient (Wildman–Crippen LogP) is 1.79. The molecule has 1 aliphatic carbocycles. The maximum absolute atomic E-state index is 11.3. The quantitative estimate of drug-likeness (QED) is 0.786. The Morgan fingerprint density at radius 1 is 1.19 bits per heavy atom. The standard InChI is InChI=1S/C14H11N5O2/c20-14(21)12-13(8-1-2-8)19(18-17-12)9-3-4-10-11(7-9)16-6-5-15-10/h3-8H,1-2H2,(H,20,21). The van der Waals surface area contributed by atoms with Crippen molar-refractivity contribution in [3.05, 3.63) is 42.0 Å². The van der Waals surface area contributed by atoms with Crippen LogP contribution in [0.5, 0.6) is 0 Å². The predicted molar refractivity (Wildman–Crippen MR) is 73.4 cm³/mol. The van der Waals surface area contributed by atoms with Gasteiger partial charge in [0.2, 0.25) is 0 Å². The second kappa shape index (κ2) is 4.34. The summed E-state index contributed by atoms with van der Waals surface area (Å²) in [6.45, 7) is 0. The minimum absolute atomic E-state index is 0.0387. The lowest BCUT2D eigenvalue weighted by atomic mass is 10.2. The minimum Gasteiger partial charge on any atom is -0.476 e. The molecule has 4 rings (SSSR count). The lowest BCUT2D eigenvalue weighted by Crippen LogP contribution is -2.06. The molecule has 2 heterocycles. The van der Waals surface area contributed by atoms with Crippen LogP contribution < -0.4 is 0 Å². The highest BCUT2D eigenvalue weighted by molar-refractivity contribution is 5.87. The van der Waals surface area contributed by atoms with Gasteiger partial charge in [-0.1, -0.05) is 5.21 Å². The number of carboxylic acids is 1. The lowest BCUT2D eigenvalue weighted by molar-refractivity contribution is 0.0689. The van der Waals surface area contributed by atoms with Gasteiger partial charge in [0.05, 0.1) is 22.4 Å². The molecule has 0 radical (unpaired) electrons. The van der Waals surface area contributed by atoms with Crippen molar-refractivity contribution < 1.29 is 9.90 Å². The van der Waals surface area contributed by atoms with Crippen LogP contribution in [0.4, 0.5) is 0 Å². The smallest absolute Gasteiger partial charge is 0.358 e. The van der Waals surface area contributed by atoms with Crippen LogP contribution in [0, 0.1) is 0 Å². The Balaban J connectivity index is 1.90. The average Bonchev–Trinajstić information content (AvgIpc) is 3.24. The number of aromatic nitrogens is 5. The number of rotatable bonds is 3. The van der Waals surface area contributed by atoms with Gasteiger partial charge in [-0.05, 0) is 31.0 Å². The third-order valence-corrected chi connectivity index (χ3v) is 3.57. The molecule has 0 spiro atoms. The van der Waals surface area contributed by atoms with Crippen LogP contribution in [0.3, 0.4) is 0 Å². The van der Waals surface area contributed by atoms with Gasteiger partial charge in [-0.15, -0.1) is 5.10 Å². The summed E-state index contributed by atoms with van der Waals surface area (Å²) in [5.74, 6) is -0.813. The molecule has 1 N–H and O–H groups in total. The zero-order valence-corrected chi connectivity index (χ0v) is 11.0. The molecule has 1 aromatic carbocycles.